The summed E-state index contributed by atoms with van der Waals surface area (Å²) in [4.78, 5) is 16.3. The molecule has 0 saturated carbocycles. The Labute approximate surface area is 201 Å². The SMILES string of the molecule is COc1ccc(/C=N\NC(=O)CNS(=O)(=O)c2ccc(Cl)cc2)cc1CSc1ccccn1. The van der Waals surface area contributed by atoms with E-state index in [0.717, 1.165) is 21.9 Å². The van der Waals surface area contributed by atoms with Crippen LogP contribution in [0.2, 0.25) is 5.02 Å². The van der Waals surface area contributed by atoms with E-state index in [9.17, 15) is 13.2 Å². The number of benzene rings is 2. The molecule has 3 aromatic rings. The Morgan fingerprint density at radius 2 is 1.97 bits per heavy atom. The summed E-state index contributed by atoms with van der Waals surface area (Å²) in [5, 5.41) is 5.21. The number of sulfonamides is 1. The molecule has 3 rings (SSSR count). The summed E-state index contributed by atoms with van der Waals surface area (Å²) in [6.45, 7) is -0.461. The zero-order valence-electron chi connectivity index (χ0n) is 17.6. The van der Waals surface area contributed by atoms with Crippen LogP contribution in [-0.2, 0) is 20.6 Å². The first-order valence-electron chi connectivity index (χ1n) is 9.65. The zero-order valence-corrected chi connectivity index (χ0v) is 20.0. The number of thioether (sulfide) groups is 1. The Morgan fingerprint density at radius 1 is 1.18 bits per heavy atom. The molecular weight excluding hydrogens is 484 g/mol. The second-order valence-electron chi connectivity index (χ2n) is 6.60. The maximum absolute atomic E-state index is 12.2. The van der Waals surface area contributed by atoms with Crippen LogP contribution in [0.25, 0.3) is 0 Å². The Hall–Kier alpha value is -2.92. The fraction of sp³-hybridized carbons (Fsp3) is 0.136. The van der Waals surface area contributed by atoms with E-state index >= 15 is 0 Å². The molecule has 0 unspecified atom stereocenters. The van der Waals surface area contributed by atoms with Crippen LogP contribution in [0.1, 0.15) is 11.1 Å². The molecule has 0 radical (unpaired) electrons. The number of methoxy groups -OCH3 is 1. The first kappa shape index (κ1) is 24.7. The number of pyridine rings is 1. The van der Waals surface area contributed by atoms with Crippen molar-refractivity contribution in [3.63, 3.8) is 0 Å². The van der Waals surface area contributed by atoms with Gasteiger partial charge in [0.25, 0.3) is 5.91 Å². The molecule has 0 fully saturated rings. The van der Waals surface area contributed by atoms with Gasteiger partial charge in [-0.15, -0.1) is 11.8 Å². The second-order valence-corrected chi connectivity index (χ2v) is 9.80. The second kappa shape index (κ2) is 11.8. The summed E-state index contributed by atoms with van der Waals surface area (Å²) in [6, 6.07) is 16.9. The molecule has 1 aromatic heterocycles. The molecule has 2 N–H and O–H groups in total. The van der Waals surface area contributed by atoms with E-state index in [1.165, 1.54) is 30.5 Å². The number of aromatic nitrogens is 1. The number of hydrazone groups is 1. The van der Waals surface area contributed by atoms with E-state index in [4.69, 9.17) is 16.3 Å². The molecule has 1 amide bonds. The molecule has 0 aliphatic rings. The summed E-state index contributed by atoms with van der Waals surface area (Å²) in [5.74, 6) is 0.764. The minimum atomic E-state index is -3.83. The van der Waals surface area contributed by atoms with Gasteiger partial charge in [0.2, 0.25) is 10.0 Å². The summed E-state index contributed by atoms with van der Waals surface area (Å²) in [7, 11) is -2.23. The third-order valence-electron chi connectivity index (χ3n) is 4.27. The predicted octanol–water partition coefficient (Wildman–Crippen LogP) is 3.46. The number of carbonyl (C=O) groups is 1. The van der Waals surface area contributed by atoms with Crippen LogP contribution in [0.3, 0.4) is 0 Å². The van der Waals surface area contributed by atoms with Gasteiger partial charge in [-0.05, 0) is 60.2 Å². The van der Waals surface area contributed by atoms with Gasteiger partial charge in [-0.25, -0.2) is 23.5 Å². The number of hydrogen-bond acceptors (Lipinski definition) is 7. The van der Waals surface area contributed by atoms with Gasteiger partial charge in [0.1, 0.15) is 5.75 Å². The van der Waals surface area contributed by atoms with Gasteiger partial charge in [-0.1, -0.05) is 17.7 Å². The third kappa shape index (κ3) is 7.57. The molecule has 8 nitrogen and oxygen atoms in total. The molecule has 11 heteroatoms. The van der Waals surface area contributed by atoms with E-state index in [1.54, 1.807) is 31.1 Å². The van der Waals surface area contributed by atoms with Crippen LogP contribution >= 0.6 is 23.4 Å². The van der Waals surface area contributed by atoms with Crippen LogP contribution in [0.15, 0.2) is 81.9 Å². The highest BCUT2D eigenvalue weighted by atomic mass is 35.5. The van der Waals surface area contributed by atoms with Crippen LogP contribution in [-0.4, -0.2) is 39.2 Å². The number of ether oxygens (including phenoxy) is 1. The molecule has 0 aliphatic carbocycles. The van der Waals surface area contributed by atoms with Gasteiger partial charge in [0.05, 0.1) is 29.8 Å². The van der Waals surface area contributed by atoms with Gasteiger partial charge in [0, 0.05) is 22.5 Å². The Balaban J connectivity index is 1.55. The van der Waals surface area contributed by atoms with Crippen molar-refractivity contribution in [1.82, 2.24) is 15.1 Å². The Bertz CT molecular complexity index is 1220. The maximum atomic E-state index is 12.2. The fourth-order valence-corrected chi connectivity index (χ4v) is 4.60. The molecule has 33 heavy (non-hydrogen) atoms. The number of rotatable bonds is 10. The van der Waals surface area contributed by atoms with Crippen LogP contribution < -0.4 is 14.9 Å². The normalized spacial score (nSPS) is 11.5. The average Bonchev–Trinajstić information content (AvgIpc) is 2.82. The minimum Gasteiger partial charge on any atom is -0.496 e. The standard InChI is InChI=1S/C22H21ClN4O4S2/c1-31-20-10-5-16(12-17(20)15-32-22-4-2-3-11-24-22)13-25-27-21(28)14-26-33(29,30)19-8-6-18(23)7-9-19/h2-13,26H,14-15H2,1H3,(H,27,28)/b25-13-. The van der Waals surface area contributed by atoms with E-state index < -0.39 is 22.5 Å². The maximum Gasteiger partial charge on any atom is 0.255 e. The van der Waals surface area contributed by atoms with Crippen molar-refractivity contribution in [3.8, 4) is 5.75 Å². The number of halogens is 1. The van der Waals surface area contributed by atoms with Gasteiger partial charge < -0.3 is 4.74 Å². The quantitative estimate of drug-likeness (QED) is 0.248. The van der Waals surface area contributed by atoms with Crippen molar-refractivity contribution >= 4 is 45.5 Å². The van der Waals surface area contributed by atoms with Gasteiger partial charge >= 0.3 is 0 Å². The van der Waals surface area contributed by atoms with Gasteiger partial charge in [-0.2, -0.15) is 5.10 Å². The molecule has 2 aromatic carbocycles. The number of amides is 1. The lowest BCUT2D eigenvalue weighted by Gasteiger charge is -2.09. The van der Waals surface area contributed by atoms with Gasteiger partial charge in [-0.3, -0.25) is 4.79 Å². The molecule has 0 saturated heterocycles. The summed E-state index contributed by atoms with van der Waals surface area (Å²) in [5.41, 5.74) is 3.99. The van der Waals surface area contributed by atoms with Crippen molar-refractivity contribution in [3.05, 3.63) is 83.0 Å². The largest absolute Gasteiger partial charge is 0.496 e. The lowest BCUT2D eigenvalue weighted by atomic mass is 10.1. The van der Waals surface area contributed by atoms with Crippen molar-refractivity contribution in [2.45, 2.75) is 15.7 Å². The topological polar surface area (TPSA) is 110 Å². The number of carbonyl (C=O) groups excluding carboxylic acids is 1. The molecule has 0 atom stereocenters. The highest BCUT2D eigenvalue weighted by molar-refractivity contribution is 7.98. The summed E-state index contributed by atoms with van der Waals surface area (Å²) < 4.78 is 32.1. The number of hydrogen-bond donors (Lipinski definition) is 2. The van der Waals surface area contributed by atoms with E-state index in [1.807, 2.05) is 30.3 Å². The monoisotopic (exact) mass is 504 g/mol. The Morgan fingerprint density at radius 3 is 2.67 bits per heavy atom. The number of nitrogens with one attached hydrogen (secondary N) is 2. The first-order chi connectivity index (χ1) is 15.9. The smallest absolute Gasteiger partial charge is 0.255 e. The van der Waals surface area contributed by atoms with Crippen LogP contribution in [0.5, 0.6) is 5.75 Å². The first-order valence-corrected chi connectivity index (χ1v) is 12.5. The van der Waals surface area contributed by atoms with Gasteiger partial charge in [0.15, 0.2) is 0 Å². The lowest BCUT2D eigenvalue weighted by molar-refractivity contribution is -0.119. The predicted molar refractivity (Wildman–Crippen MR) is 129 cm³/mol. The molecule has 0 bridgehead atoms. The molecule has 172 valence electrons. The highest BCUT2D eigenvalue weighted by Crippen LogP contribution is 2.27. The fourth-order valence-electron chi connectivity index (χ4n) is 2.65. The van der Waals surface area contributed by atoms with Crippen LogP contribution in [0.4, 0.5) is 0 Å². The minimum absolute atomic E-state index is 0.0116. The summed E-state index contributed by atoms with van der Waals surface area (Å²) in [6.07, 6.45) is 3.21. The summed E-state index contributed by atoms with van der Waals surface area (Å²) >= 11 is 7.33. The number of nitrogens with zero attached hydrogens (tertiary/aromatic N) is 2. The van der Waals surface area contributed by atoms with Crippen molar-refractivity contribution in [2.75, 3.05) is 13.7 Å². The lowest BCUT2D eigenvalue weighted by Crippen LogP contribution is -2.34. The van der Waals surface area contributed by atoms with E-state index in [2.05, 4.69) is 20.2 Å². The molecule has 1 heterocycles. The molecule has 0 aliphatic heterocycles. The van der Waals surface area contributed by atoms with Crippen LogP contribution in [0, 0.1) is 0 Å². The highest BCUT2D eigenvalue weighted by Gasteiger charge is 2.15. The molecule has 0 spiro atoms. The zero-order chi connectivity index (χ0) is 23.7. The van der Waals surface area contributed by atoms with Crippen molar-refractivity contribution < 1.29 is 17.9 Å². The van der Waals surface area contributed by atoms with E-state index in [0.29, 0.717) is 10.8 Å². The third-order valence-corrected chi connectivity index (χ3v) is 6.93. The molecular formula is C22H21ClN4O4S2. The van der Waals surface area contributed by atoms with Crippen molar-refractivity contribution in [1.29, 1.82) is 0 Å². The average molecular weight is 505 g/mol. The van der Waals surface area contributed by atoms with E-state index in [-0.39, 0.29) is 4.90 Å². The van der Waals surface area contributed by atoms with Crippen molar-refractivity contribution in [2.24, 2.45) is 5.10 Å². The Kier molecular flexibility index (Phi) is 8.84.